The van der Waals surface area contributed by atoms with E-state index < -0.39 is 0 Å². The fourth-order valence-electron chi connectivity index (χ4n) is 5.63. The Balaban J connectivity index is 1.63. The minimum absolute atomic E-state index is 0.194. The molecule has 0 spiro atoms. The maximum absolute atomic E-state index is 11.0. The smallest absolute Gasteiger partial charge is 0.0834 e. The number of rotatable bonds is 2. The molecule has 4 fully saturated rings. The molecule has 19 heavy (non-hydrogen) atoms. The molecule has 0 aliphatic heterocycles. The van der Waals surface area contributed by atoms with Gasteiger partial charge in [0.2, 0.25) is 0 Å². The number of hydrogen-bond donors (Lipinski definition) is 1. The Hall–Kier alpha value is -0.340. The first-order chi connectivity index (χ1) is 9.11. The van der Waals surface area contributed by atoms with Gasteiger partial charge in [-0.1, -0.05) is 0 Å². The van der Waals surface area contributed by atoms with Crippen LogP contribution < -0.4 is 0 Å². The Labute approximate surface area is 120 Å². The third-order valence-corrected chi connectivity index (χ3v) is 7.04. The Bertz CT molecular complexity index is 461. The number of aryl methyl sites for hydroxylation is 2. The van der Waals surface area contributed by atoms with Crippen molar-refractivity contribution in [2.24, 2.45) is 29.6 Å². The summed E-state index contributed by atoms with van der Waals surface area (Å²) < 4.78 is 0. The maximum Gasteiger partial charge on any atom is 0.0834 e. The molecule has 104 valence electrons. The molecular formula is C17H24OS. The van der Waals surface area contributed by atoms with Gasteiger partial charge in [0.25, 0.3) is 0 Å². The van der Waals surface area contributed by atoms with Crippen LogP contribution in [0, 0.1) is 43.4 Å². The predicted octanol–water partition coefficient (Wildman–Crippen LogP) is 4.47. The topological polar surface area (TPSA) is 20.2 Å². The highest BCUT2D eigenvalue weighted by molar-refractivity contribution is 7.12. The van der Waals surface area contributed by atoms with Crippen LogP contribution in [0.2, 0.25) is 0 Å². The van der Waals surface area contributed by atoms with Crippen LogP contribution in [-0.2, 0) is 0 Å². The zero-order valence-electron chi connectivity index (χ0n) is 11.9. The Morgan fingerprint density at radius 3 is 2.11 bits per heavy atom. The van der Waals surface area contributed by atoms with E-state index >= 15 is 0 Å². The molecule has 4 bridgehead atoms. The maximum atomic E-state index is 11.0. The standard InChI is InChI=1S/C17H24OS/c1-9-3-15(10(2)19-9)17(18)16-13-5-11-4-12(7-13)8-14(16)6-11/h3,11-14,16-18H,4-8H2,1-2H3. The first kappa shape index (κ1) is 12.4. The van der Waals surface area contributed by atoms with Gasteiger partial charge in [0.05, 0.1) is 6.10 Å². The molecule has 1 aromatic rings. The largest absolute Gasteiger partial charge is 0.388 e. The van der Waals surface area contributed by atoms with Crippen molar-refractivity contribution >= 4 is 11.3 Å². The van der Waals surface area contributed by atoms with Crippen LogP contribution in [0.25, 0.3) is 0 Å². The molecule has 1 heterocycles. The molecule has 1 N–H and O–H groups in total. The zero-order chi connectivity index (χ0) is 13.1. The number of aliphatic hydroxyl groups is 1. The fraction of sp³-hybridized carbons (Fsp3) is 0.765. The lowest BCUT2D eigenvalue weighted by atomic mass is 9.50. The van der Waals surface area contributed by atoms with E-state index in [1.54, 1.807) is 0 Å². The Kier molecular flexibility index (Phi) is 2.82. The van der Waals surface area contributed by atoms with E-state index in [0.29, 0.717) is 5.92 Å². The normalized spacial score (nSPS) is 41.7. The second kappa shape index (κ2) is 4.33. The van der Waals surface area contributed by atoms with E-state index in [9.17, 15) is 5.11 Å². The highest BCUT2D eigenvalue weighted by atomic mass is 32.1. The van der Waals surface area contributed by atoms with Crippen molar-refractivity contribution < 1.29 is 5.11 Å². The van der Waals surface area contributed by atoms with Crippen molar-refractivity contribution in [1.29, 1.82) is 0 Å². The van der Waals surface area contributed by atoms with Crippen LogP contribution in [0.1, 0.15) is 53.5 Å². The van der Waals surface area contributed by atoms with Crippen LogP contribution in [-0.4, -0.2) is 5.11 Å². The van der Waals surface area contributed by atoms with Crippen LogP contribution in [0.4, 0.5) is 0 Å². The molecule has 0 amide bonds. The minimum Gasteiger partial charge on any atom is -0.388 e. The van der Waals surface area contributed by atoms with Crippen LogP contribution in [0.15, 0.2) is 6.07 Å². The zero-order valence-corrected chi connectivity index (χ0v) is 12.7. The average molecular weight is 276 g/mol. The molecule has 1 atom stereocenters. The average Bonchev–Trinajstić information content (AvgIpc) is 2.66. The fourth-order valence-corrected chi connectivity index (χ4v) is 6.60. The van der Waals surface area contributed by atoms with E-state index in [1.165, 1.54) is 47.4 Å². The van der Waals surface area contributed by atoms with Crippen molar-refractivity contribution in [1.82, 2.24) is 0 Å². The van der Waals surface area contributed by atoms with E-state index in [4.69, 9.17) is 0 Å². The first-order valence-corrected chi connectivity index (χ1v) is 8.68. The summed E-state index contributed by atoms with van der Waals surface area (Å²) in [7, 11) is 0. The quantitative estimate of drug-likeness (QED) is 0.845. The van der Waals surface area contributed by atoms with Gasteiger partial charge in [0, 0.05) is 9.75 Å². The third kappa shape index (κ3) is 1.91. The van der Waals surface area contributed by atoms with E-state index in [2.05, 4.69) is 19.9 Å². The van der Waals surface area contributed by atoms with E-state index in [0.717, 1.165) is 23.7 Å². The predicted molar refractivity (Wildman–Crippen MR) is 79.3 cm³/mol. The van der Waals surface area contributed by atoms with Gasteiger partial charge in [0.1, 0.15) is 0 Å². The summed E-state index contributed by atoms with van der Waals surface area (Å²) in [5, 5.41) is 11.0. The molecule has 0 aromatic carbocycles. The molecule has 5 rings (SSSR count). The lowest BCUT2D eigenvalue weighted by Crippen LogP contribution is -2.47. The Morgan fingerprint density at radius 2 is 1.63 bits per heavy atom. The summed E-state index contributed by atoms with van der Waals surface area (Å²) in [6.07, 6.45) is 6.90. The summed E-state index contributed by atoms with van der Waals surface area (Å²) in [5.41, 5.74) is 1.24. The van der Waals surface area contributed by atoms with Gasteiger partial charge in [-0.3, -0.25) is 0 Å². The van der Waals surface area contributed by atoms with E-state index in [1.807, 2.05) is 11.3 Å². The SMILES string of the molecule is Cc1cc(C(O)C2C3CC4CC(C3)CC2C4)c(C)s1. The highest BCUT2D eigenvalue weighted by Crippen LogP contribution is 2.59. The summed E-state index contributed by atoms with van der Waals surface area (Å²) >= 11 is 1.84. The summed E-state index contributed by atoms with van der Waals surface area (Å²) in [4.78, 5) is 2.68. The Morgan fingerprint density at radius 1 is 1.05 bits per heavy atom. The van der Waals surface area contributed by atoms with Crippen molar-refractivity contribution in [2.45, 2.75) is 52.1 Å². The van der Waals surface area contributed by atoms with Crippen molar-refractivity contribution in [3.05, 3.63) is 21.4 Å². The van der Waals surface area contributed by atoms with Crippen molar-refractivity contribution in [3.63, 3.8) is 0 Å². The number of aliphatic hydroxyl groups excluding tert-OH is 1. The summed E-state index contributed by atoms with van der Waals surface area (Å²) in [6.45, 7) is 4.33. The van der Waals surface area contributed by atoms with Gasteiger partial charge in [-0.05, 0) is 87.2 Å². The van der Waals surface area contributed by atoms with Gasteiger partial charge >= 0.3 is 0 Å². The lowest BCUT2D eigenvalue weighted by molar-refractivity contribution is -0.0908. The molecule has 1 nitrogen and oxygen atoms in total. The van der Waals surface area contributed by atoms with Crippen LogP contribution in [0.5, 0.6) is 0 Å². The molecule has 4 aliphatic rings. The molecule has 0 saturated heterocycles. The van der Waals surface area contributed by atoms with E-state index in [-0.39, 0.29) is 6.10 Å². The lowest BCUT2D eigenvalue weighted by Gasteiger charge is -2.55. The molecule has 2 heteroatoms. The second-order valence-electron chi connectivity index (χ2n) is 7.32. The second-order valence-corrected chi connectivity index (χ2v) is 8.78. The van der Waals surface area contributed by atoms with Gasteiger partial charge < -0.3 is 5.11 Å². The first-order valence-electron chi connectivity index (χ1n) is 7.86. The molecular weight excluding hydrogens is 252 g/mol. The number of thiophene rings is 1. The summed E-state index contributed by atoms with van der Waals surface area (Å²) in [5.74, 6) is 4.17. The minimum atomic E-state index is -0.194. The van der Waals surface area contributed by atoms with Gasteiger partial charge in [0.15, 0.2) is 0 Å². The van der Waals surface area contributed by atoms with Crippen LogP contribution in [0.3, 0.4) is 0 Å². The van der Waals surface area contributed by atoms with Gasteiger partial charge in [-0.25, -0.2) is 0 Å². The van der Waals surface area contributed by atoms with Gasteiger partial charge in [-0.15, -0.1) is 11.3 Å². The number of hydrogen-bond acceptors (Lipinski definition) is 2. The monoisotopic (exact) mass is 276 g/mol. The van der Waals surface area contributed by atoms with Crippen molar-refractivity contribution in [3.8, 4) is 0 Å². The molecule has 0 radical (unpaired) electrons. The van der Waals surface area contributed by atoms with Gasteiger partial charge in [-0.2, -0.15) is 0 Å². The molecule has 4 aliphatic carbocycles. The summed E-state index contributed by atoms with van der Waals surface area (Å²) in [6, 6.07) is 2.23. The molecule has 1 unspecified atom stereocenters. The van der Waals surface area contributed by atoms with Crippen molar-refractivity contribution in [2.75, 3.05) is 0 Å². The molecule has 4 saturated carbocycles. The molecule has 1 aromatic heterocycles. The third-order valence-electron chi connectivity index (χ3n) is 6.06. The van der Waals surface area contributed by atoms with Crippen LogP contribution >= 0.6 is 11.3 Å². The highest BCUT2D eigenvalue weighted by Gasteiger charge is 2.50.